The molecule has 8 heteroatoms. The second kappa shape index (κ2) is 10.8. The van der Waals surface area contributed by atoms with Gasteiger partial charge >= 0.3 is 6.18 Å². The van der Waals surface area contributed by atoms with Crippen molar-refractivity contribution in [2.75, 3.05) is 19.6 Å². The van der Waals surface area contributed by atoms with Crippen LogP contribution in [0.1, 0.15) is 93.7 Å². The number of carbonyl (C=O) groups excluding carboxylic acids is 1. The highest BCUT2D eigenvalue weighted by Gasteiger charge is 2.51. The lowest BCUT2D eigenvalue weighted by atomic mass is 9.73. The number of carbonyl (C=O) groups is 1. The summed E-state index contributed by atoms with van der Waals surface area (Å²) in [6.45, 7) is 10.5. The summed E-state index contributed by atoms with van der Waals surface area (Å²) < 4.78 is 39.9. The SMILES string of the molecule is CC(C)[C@]1(C(=O)N2CCc3ncc(C(F)(F)F)cc3C2)CC[C@@H](N2CCC(c3cccc(C(C)(C)O)c3)CC2)C1. The Morgan fingerprint density at radius 3 is 2.45 bits per heavy atom. The largest absolute Gasteiger partial charge is 0.417 e. The number of benzene rings is 1. The van der Waals surface area contributed by atoms with Crippen molar-refractivity contribution in [3.8, 4) is 0 Å². The first-order valence-electron chi connectivity index (χ1n) is 14.7. The van der Waals surface area contributed by atoms with Gasteiger partial charge in [-0.15, -0.1) is 0 Å². The van der Waals surface area contributed by atoms with Gasteiger partial charge in [0.05, 0.1) is 16.6 Å². The van der Waals surface area contributed by atoms with E-state index in [1.165, 1.54) is 11.6 Å². The lowest BCUT2D eigenvalue weighted by Gasteiger charge is -2.41. The number of fused-ring (bicyclic) bond motifs is 1. The Hall–Kier alpha value is -2.45. The van der Waals surface area contributed by atoms with Gasteiger partial charge in [-0.2, -0.15) is 13.2 Å². The molecule has 2 aromatic rings. The summed E-state index contributed by atoms with van der Waals surface area (Å²) in [5, 5.41) is 10.4. The summed E-state index contributed by atoms with van der Waals surface area (Å²) in [5.41, 5.74) is 1.29. The van der Waals surface area contributed by atoms with Crippen LogP contribution in [0.3, 0.4) is 0 Å². The van der Waals surface area contributed by atoms with E-state index in [9.17, 15) is 23.1 Å². The van der Waals surface area contributed by atoms with Crippen LogP contribution in [0.15, 0.2) is 36.5 Å². The minimum Gasteiger partial charge on any atom is -0.386 e. The summed E-state index contributed by atoms with van der Waals surface area (Å²) in [6.07, 6.45) is 1.61. The molecule has 5 nitrogen and oxygen atoms in total. The maximum Gasteiger partial charge on any atom is 0.417 e. The third kappa shape index (κ3) is 5.67. The fourth-order valence-corrected chi connectivity index (χ4v) is 7.17. The molecule has 1 aromatic carbocycles. The molecule has 0 radical (unpaired) electrons. The minimum absolute atomic E-state index is 0.0892. The van der Waals surface area contributed by atoms with Crippen LogP contribution in [0, 0.1) is 11.3 Å². The van der Waals surface area contributed by atoms with Gasteiger partial charge in [0.25, 0.3) is 0 Å². The molecule has 2 atom stereocenters. The molecule has 218 valence electrons. The molecular weight excluding hydrogens is 515 g/mol. The van der Waals surface area contributed by atoms with Crippen molar-refractivity contribution in [1.29, 1.82) is 0 Å². The molecule has 1 saturated heterocycles. The highest BCUT2D eigenvalue weighted by atomic mass is 19.4. The zero-order valence-electron chi connectivity index (χ0n) is 24.1. The van der Waals surface area contributed by atoms with Crippen LogP contribution in [0.2, 0.25) is 0 Å². The Balaban J connectivity index is 1.25. The molecular formula is C32H42F3N3O2. The molecule has 3 heterocycles. The van der Waals surface area contributed by atoms with Gasteiger partial charge in [0.2, 0.25) is 5.91 Å². The number of halogens is 3. The molecule has 1 aromatic heterocycles. The molecule has 0 spiro atoms. The number of aliphatic hydroxyl groups is 1. The monoisotopic (exact) mass is 557 g/mol. The van der Waals surface area contributed by atoms with E-state index >= 15 is 0 Å². The van der Waals surface area contributed by atoms with Crippen LogP contribution in [0.5, 0.6) is 0 Å². The fraction of sp³-hybridized carbons (Fsp3) is 0.625. The number of pyridine rings is 1. The first-order chi connectivity index (χ1) is 18.8. The van der Waals surface area contributed by atoms with Crippen molar-refractivity contribution in [3.63, 3.8) is 0 Å². The Bertz CT molecular complexity index is 1230. The average Bonchev–Trinajstić information content (AvgIpc) is 3.38. The van der Waals surface area contributed by atoms with Gasteiger partial charge in [-0.05, 0) is 93.6 Å². The van der Waals surface area contributed by atoms with Crippen LogP contribution in [0.4, 0.5) is 13.2 Å². The quantitative estimate of drug-likeness (QED) is 0.470. The highest BCUT2D eigenvalue weighted by molar-refractivity contribution is 5.83. The molecule has 0 bridgehead atoms. The topological polar surface area (TPSA) is 56.7 Å². The van der Waals surface area contributed by atoms with E-state index in [1.807, 2.05) is 26.0 Å². The van der Waals surface area contributed by atoms with Crippen LogP contribution in [-0.4, -0.2) is 51.5 Å². The number of aromatic nitrogens is 1. The molecule has 1 saturated carbocycles. The normalized spacial score (nSPS) is 24.9. The Labute approximate surface area is 235 Å². The Morgan fingerprint density at radius 2 is 1.80 bits per heavy atom. The van der Waals surface area contributed by atoms with Gasteiger partial charge in [-0.1, -0.05) is 38.1 Å². The molecule has 40 heavy (non-hydrogen) atoms. The van der Waals surface area contributed by atoms with Crippen molar-refractivity contribution in [1.82, 2.24) is 14.8 Å². The zero-order chi connectivity index (χ0) is 28.9. The fourth-order valence-electron chi connectivity index (χ4n) is 7.17. The second-order valence-electron chi connectivity index (χ2n) is 13.0. The van der Waals surface area contributed by atoms with Gasteiger partial charge in [0.15, 0.2) is 0 Å². The van der Waals surface area contributed by atoms with E-state index in [4.69, 9.17) is 0 Å². The highest BCUT2D eigenvalue weighted by Crippen LogP contribution is 2.49. The first kappa shape index (κ1) is 29.1. The van der Waals surface area contributed by atoms with Crippen LogP contribution in [-0.2, 0) is 29.5 Å². The lowest BCUT2D eigenvalue weighted by molar-refractivity contribution is -0.146. The summed E-state index contributed by atoms with van der Waals surface area (Å²) >= 11 is 0. The van der Waals surface area contributed by atoms with Crippen molar-refractivity contribution >= 4 is 5.91 Å². The Morgan fingerprint density at radius 1 is 1.07 bits per heavy atom. The standard InChI is InChI=1S/C32H42F3N3O2/c1-21(2)31(29(39)38-15-11-28-24(20-38)17-26(19-36-28)32(33,34)35)12-8-27(18-31)37-13-9-22(10-14-37)23-6-5-7-25(16-23)30(3,4)40/h5-7,16-17,19,21-22,27,40H,8-15,18,20H2,1-4H3/t27-,31+/m1/s1. The Kier molecular flexibility index (Phi) is 7.81. The molecule has 0 unspecified atom stereocenters. The van der Waals surface area contributed by atoms with E-state index < -0.39 is 22.8 Å². The van der Waals surface area contributed by atoms with Crippen LogP contribution in [0.25, 0.3) is 0 Å². The predicted octanol–water partition coefficient (Wildman–Crippen LogP) is 6.29. The molecule has 5 rings (SSSR count). The number of hydrogen-bond acceptors (Lipinski definition) is 4. The predicted molar refractivity (Wildman–Crippen MR) is 149 cm³/mol. The minimum atomic E-state index is -4.45. The molecule has 1 amide bonds. The second-order valence-corrected chi connectivity index (χ2v) is 13.0. The average molecular weight is 558 g/mol. The summed E-state index contributed by atoms with van der Waals surface area (Å²) in [7, 11) is 0. The number of rotatable bonds is 5. The summed E-state index contributed by atoms with van der Waals surface area (Å²) in [5.74, 6) is 0.694. The zero-order valence-corrected chi connectivity index (χ0v) is 24.1. The molecule has 3 aliphatic rings. The lowest BCUT2D eigenvalue weighted by Crippen LogP contribution is -2.49. The number of amides is 1. The number of likely N-dealkylation sites (tertiary alicyclic amines) is 1. The van der Waals surface area contributed by atoms with Gasteiger partial charge in [0, 0.05) is 37.4 Å². The van der Waals surface area contributed by atoms with Crippen LogP contribution >= 0.6 is 0 Å². The van der Waals surface area contributed by atoms with Gasteiger partial charge in [0.1, 0.15) is 0 Å². The molecule has 2 aliphatic heterocycles. The summed E-state index contributed by atoms with van der Waals surface area (Å²) in [6, 6.07) is 9.83. The smallest absolute Gasteiger partial charge is 0.386 e. The van der Waals surface area contributed by atoms with Gasteiger partial charge < -0.3 is 14.9 Å². The van der Waals surface area contributed by atoms with E-state index in [0.29, 0.717) is 36.2 Å². The first-order valence-corrected chi connectivity index (χ1v) is 14.7. The third-order valence-corrected chi connectivity index (χ3v) is 9.82. The number of alkyl halides is 3. The van der Waals surface area contributed by atoms with Gasteiger partial charge in [-0.25, -0.2) is 0 Å². The summed E-state index contributed by atoms with van der Waals surface area (Å²) in [4.78, 5) is 22.5. The van der Waals surface area contributed by atoms with Crippen molar-refractivity contribution in [2.45, 2.75) is 96.5 Å². The van der Waals surface area contributed by atoms with Gasteiger partial charge in [-0.3, -0.25) is 9.78 Å². The van der Waals surface area contributed by atoms with E-state index in [-0.39, 0.29) is 18.4 Å². The maximum atomic E-state index is 14.1. The van der Waals surface area contributed by atoms with Crippen molar-refractivity contribution in [2.24, 2.45) is 11.3 Å². The third-order valence-electron chi connectivity index (χ3n) is 9.82. The van der Waals surface area contributed by atoms with Crippen molar-refractivity contribution < 1.29 is 23.1 Å². The van der Waals surface area contributed by atoms with Crippen molar-refractivity contribution in [3.05, 3.63) is 64.5 Å². The van der Waals surface area contributed by atoms with E-state index in [0.717, 1.165) is 57.0 Å². The number of hydrogen-bond donors (Lipinski definition) is 1. The molecule has 1 aliphatic carbocycles. The number of nitrogens with zero attached hydrogens (tertiary/aromatic N) is 3. The molecule has 2 fully saturated rings. The molecule has 1 N–H and O–H groups in total. The maximum absolute atomic E-state index is 14.1. The van der Waals surface area contributed by atoms with Crippen LogP contribution < -0.4 is 0 Å². The number of piperidine rings is 1. The van der Waals surface area contributed by atoms with E-state index in [1.54, 1.807) is 4.90 Å². The van der Waals surface area contributed by atoms with E-state index in [2.05, 4.69) is 35.9 Å².